The van der Waals surface area contributed by atoms with Gasteiger partial charge in [-0.2, -0.15) is 9.61 Å². The Balaban J connectivity index is 2.40. The summed E-state index contributed by atoms with van der Waals surface area (Å²) in [6, 6.07) is 3.51. The third-order valence-electron chi connectivity index (χ3n) is 4.60. The van der Waals surface area contributed by atoms with Crippen molar-refractivity contribution in [3.05, 3.63) is 39.4 Å². The molecule has 0 amide bonds. The number of ether oxygens (including phenoxy) is 3. The van der Waals surface area contributed by atoms with E-state index in [-0.39, 0.29) is 18.6 Å². The molecular weight excluding hydrogens is 350 g/mol. The van der Waals surface area contributed by atoms with E-state index in [0.717, 1.165) is 0 Å². The maximum absolute atomic E-state index is 12.8. The molecule has 0 saturated carbocycles. The first-order chi connectivity index (χ1) is 13.0. The van der Waals surface area contributed by atoms with E-state index in [0.29, 0.717) is 51.0 Å². The molecule has 1 aromatic carbocycles. The summed E-state index contributed by atoms with van der Waals surface area (Å²) < 4.78 is 17.8. The largest absolute Gasteiger partial charge is 0.496 e. The van der Waals surface area contributed by atoms with Crippen molar-refractivity contribution < 1.29 is 19.3 Å². The molecule has 2 aromatic heterocycles. The summed E-state index contributed by atoms with van der Waals surface area (Å²) in [7, 11) is 4.69. The molecule has 8 nitrogen and oxygen atoms in total. The Morgan fingerprint density at radius 2 is 1.70 bits per heavy atom. The van der Waals surface area contributed by atoms with Gasteiger partial charge in [0.2, 0.25) is 0 Å². The number of fused-ring (bicyclic) bond motifs is 1. The summed E-state index contributed by atoms with van der Waals surface area (Å²) in [5.74, 6) is 1.68. The van der Waals surface area contributed by atoms with Gasteiger partial charge in [0.25, 0.3) is 5.56 Å². The van der Waals surface area contributed by atoms with Gasteiger partial charge in [-0.1, -0.05) is 0 Å². The van der Waals surface area contributed by atoms with Crippen LogP contribution in [0.15, 0.2) is 16.9 Å². The molecule has 0 aliphatic rings. The Labute approximate surface area is 156 Å². The van der Waals surface area contributed by atoms with Gasteiger partial charge >= 0.3 is 0 Å². The Morgan fingerprint density at radius 1 is 1.07 bits per heavy atom. The molecule has 3 rings (SSSR count). The first-order valence-electron chi connectivity index (χ1n) is 8.49. The predicted octanol–water partition coefficient (Wildman–Crippen LogP) is 1.87. The van der Waals surface area contributed by atoms with E-state index >= 15 is 0 Å². The third kappa shape index (κ3) is 3.02. The molecule has 2 heterocycles. The average Bonchev–Trinajstić information content (AvgIpc) is 2.99. The quantitative estimate of drug-likeness (QED) is 0.684. The zero-order chi connectivity index (χ0) is 19.7. The van der Waals surface area contributed by atoms with Crippen LogP contribution in [0.2, 0.25) is 0 Å². The SMILES string of the molecule is COc1cc(OC)c(-c2c(C)nn3c(=O)c(CCO)c(C)[nH]c23)c(OC)c1. The first-order valence-corrected chi connectivity index (χ1v) is 8.49. The van der Waals surface area contributed by atoms with Gasteiger partial charge < -0.3 is 24.3 Å². The van der Waals surface area contributed by atoms with Crippen LogP contribution >= 0.6 is 0 Å². The second-order valence-electron chi connectivity index (χ2n) is 6.14. The van der Waals surface area contributed by atoms with Crippen LogP contribution < -0.4 is 19.8 Å². The average molecular weight is 373 g/mol. The van der Waals surface area contributed by atoms with Gasteiger partial charge in [-0.25, -0.2) is 0 Å². The highest BCUT2D eigenvalue weighted by Crippen LogP contribution is 2.44. The number of aromatic nitrogens is 3. The van der Waals surface area contributed by atoms with Crippen LogP contribution in [0, 0.1) is 13.8 Å². The molecule has 0 unspecified atom stereocenters. The van der Waals surface area contributed by atoms with Crippen molar-refractivity contribution in [2.24, 2.45) is 0 Å². The summed E-state index contributed by atoms with van der Waals surface area (Å²) in [5, 5.41) is 13.7. The number of hydrogen-bond acceptors (Lipinski definition) is 6. The number of benzene rings is 1. The van der Waals surface area contributed by atoms with Crippen LogP contribution in [-0.2, 0) is 6.42 Å². The summed E-state index contributed by atoms with van der Waals surface area (Å²) in [6.07, 6.45) is 0.264. The van der Waals surface area contributed by atoms with Crippen molar-refractivity contribution >= 4 is 5.65 Å². The van der Waals surface area contributed by atoms with E-state index in [1.807, 2.05) is 6.92 Å². The molecule has 8 heteroatoms. The van der Waals surface area contributed by atoms with Gasteiger partial charge in [0.15, 0.2) is 0 Å². The molecular formula is C19H23N3O5. The van der Waals surface area contributed by atoms with Gasteiger partial charge in [0.1, 0.15) is 22.9 Å². The van der Waals surface area contributed by atoms with Crippen molar-refractivity contribution in [2.45, 2.75) is 20.3 Å². The lowest BCUT2D eigenvalue weighted by atomic mass is 10.0. The Morgan fingerprint density at radius 3 is 2.22 bits per heavy atom. The van der Waals surface area contributed by atoms with Gasteiger partial charge in [0.05, 0.1) is 38.2 Å². The van der Waals surface area contributed by atoms with E-state index in [1.165, 1.54) is 4.52 Å². The highest BCUT2D eigenvalue weighted by atomic mass is 16.5. The molecule has 0 fully saturated rings. The zero-order valence-electron chi connectivity index (χ0n) is 16.0. The minimum atomic E-state index is -0.254. The molecule has 2 N–H and O–H groups in total. The number of aliphatic hydroxyl groups excluding tert-OH is 1. The fourth-order valence-corrected chi connectivity index (χ4v) is 3.29. The van der Waals surface area contributed by atoms with Gasteiger partial charge in [0, 0.05) is 36.4 Å². The molecule has 0 spiro atoms. The summed E-state index contributed by atoms with van der Waals surface area (Å²) >= 11 is 0. The van der Waals surface area contributed by atoms with Crippen molar-refractivity contribution in [1.82, 2.24) is 14.6 Å². The number of aliphatic hydroxyl groups is 1. The predicted molar refractivity (Wildman–Crippen MR) is 101 cm³/mol. The first kappa shape index (κ1) is 18.8. The van der Waals surface area contributed by atoms with Crippen LogP contribution in [0.4, 0.5) is 0 Å². The van der Waals surface area contributed by atoms with Crippen molar-refractivity contribution in [3.8, 4) is 28.4 Å². The molecule has 0 bridgehead atoms. The minimum Gasteiger partial charge on any atom is -0.496 e. The number of aryl methyl sites for hydroxylation is 2. The third-order valence-corrected chi connectivity index (χ3v) is 4.60. The highest BCUT2D eigenvalue weighted by molar-refractivity contribution is 5.88. The number of aromatic amines is 1. The number of H-pyrrole nitrogens is 1. The van der Waals surface area contributed by atoms with Gasteiger partial charge in [-0.05, 0) is 13.8 Å². The minimum absolute atomic E-state index is 0.108. The monoisotopic (exact) mass is 373 g/mol. The number of methoxy groups -OCH3 is 3. The van der Waals surface area contributed by atoms with Gasteiger partial charge in [-0.3, -0.25) is 4.79 Å². The molecule has 3 aromatic rings. The molecule has 27 heavy (non-hydrogen) atoms. The number of nitrogens with one attached hydrogen (secondary N) is 1. The number of rotatable bonds is 6. The Bertz CT molecular complexity index is 1030. The van der Waals surface area contributed by atoms with E-state index in [9.17, 15) is 9.90 Å². The van der Waals surface area contributed by atoms with Crippen LogP contribution in [0.5, 0.6) is 17.2 Å². The fraction of sp³-hybridized carbons (Fsp3) is 0.368. The van der Waals surface area contributed by atoms with Crippen molar-refractivity contribution in [1.29, 1.82) is 0 Å². The molecule has 0 radical (unpaired) electrons. The number of nitrogens with zero attached hydrogens (tertiary/aromatic N) is 2. The lowest BCUT2D eigenvalue weighted by Crippen LogP contribution is -2.22. The Hall–Kier alpha value is -3.00. The van der Waals surface area contributed by atoms with E-state index in [1.54, 1.807) is 40.4 Å². The van der Waals surface area contributed by atoms with Crippen LogP contribution in [0.25, 0.3) is 16.8 Å². The second-order valence-corrected chi connectivity index (χ2v) is 6.14. The molecule has 144 valence electrons. The zero-order valence-corrected chi connectivity index (χ0v) is 16.0. The summed E-state index contributed by atoms with van der Waals surface area (Å²) in [5.41, 5.74) is 3.52. The lowest BCUT2D eigenvalue weighted by Gasteiger charge is -2.15. The fourth-order valence-electron chi connectivity index (χ4n) is 3.29. The van der Waals surface area contributed by atoms with Crippen molar-refractivity contribution in [2.75, 3.05) is 27.9 Å². The molecule has 0 aliphatic heterocycles. The normalized spacial score (nSPS) is 11.0. The standard InChI is InChI=1S/C19H23N3O5/c1-10-13(6-7-23)19(24)22-18(20-10)16(11(2)21-22)17-14(26-4)8-12(25-3)9-15(17)27-5/h8-9,20,23H,6-7H2,1-5H3. The summed E-state index contributed by atoms with van der Waals surface area (Å²) in [4.78, 5) is 16.1. The van der Waals surface area contributed by atoms with E-state index in [4.69, 9.17) is 14.2 Å². The highest BCUT2D eigenvalue weighted by Gasteiger charge is 2.24. The van der Waals surface area contributed by atoms with Gasteiger partial charge in [-0.15, -0.1) is 0 Å². The van der Waals surface area contributed by atoms with Crippen LogP contribution in [0.3, 0.4) is 0 Å². The topological polar surface area (TPSA) is 98.1 Å². The Kier molecular flexibility index (Phi) is 5.09. The number of hydrogen-bond donors (Lipinski definition) is 2. The molecule has 0 saturated heterocycles. The van der Waals surface area contributed by atoms with Crippen LogP contribution in [-0.4, -0.2) is 47.6 Å². The lowest BCUT2D eigenvalue weighted by molar-refractivity contribution is 0.298. The molecule has 0 aliphatic carbocycles. The van der Waals surface area contributed by atoms with E-state index < -0.39 is 0 Å². The maximum atomic E-state index is 12.8. The smallest absolute Gasteiger partial charge is 0.277 e. The summed E-state index contributed by atoms with van der Waals surface area (Å²) in [6.45, 7) is 3.52. The second kappa shape index (κ2) is 7.32. The molecule has 0 atom stereocenters. The maximum Gasteiger partial charge on any atom is 0.277 e. The van der Waals surface area contributed by atoms with Crippen LogP contribution in [0.1, 0.15) is 17.0 Å². The van der Waals surface area contributed by atoms with E-state index in [2.05, 4.69) is 10.1 Å². The van der Waals surface area contributed by atoms with Crippen molar-refractivity contribution in [3.63, 3.8) is 0 Å².